The van der Waals surface area contributed by atoms with Crippen molar-refractivity contribution in [3.8, 4) is 5.75 Å². The maximum atomic E-state index is 14.0. The number of nitrogens with one attached hydrogen (secondary N) is 1. The summed E-state index contributed by atoms with van der Waals surface area (Å²) >= 11 is 6.36. The van der Waals surface area contributed by atoms with Crippen LogP contribution >= 0.6 is 11.6 Å². The lowest BCUT2D eigenvalue weighted by atomic mass is 9.72. The van der Waals surface area contributed by atoms with Crippen molar-refractivity contribution in [1.29, 1.82) is 0 Å². The summed E-state index contributed by atoms with van der Waals surface area (Å²) in [5.41, 5.74) is -0.980. The number of aliphatic hydroxyl groups is 1. The number of nitrogens with zero attached hydrogens (tertiary/aromatic N) is 2. The van der Waals surface area contributed by atoms with E-state index in [0.717, 1.165) is 71.0 Å². The highest BCUT2D eigenvalue weighted by molar-refractivity contribution is 6.30. The van der Waals surface area contributed by atoms with E-state index in [2.05, 4.69) is 24.1 Å². The maximum absolute atomic E-state index is 14.0. The van der Waals surface area contributed by atoms with Crippen LogP contribution in [0.25, 0.3) is 0 Å². The molecule has 3 amide bonds. The summed E-state index contributed by atoms with van der Waals surface area (Å²) in [6, 6.07) is 5.08. The molecule has 2 saturated heterocycles. The minimum Gasteiger partial charge on any atom is -0.487 e. The molecule has 3 aliphatic rings. The molecule has 0 bridgehead atoms. The van der Waals surface area contributed by atoms with E-state index < -0.39 is 11.1 Å². The molecule has 8 heteroatoms. The van der Waals surface area contributed by atoms with E-state index in [-0.39, 0.29) is 18.0 Å². The predicted octanol–water partition coefficient (Wildman–Crippen LogP) is 4.84. The Morgan fingerprint density at radius 2 is 1.77 bits per heavy atom. The van der Waals surface area contributed by atoms with Gasteiger partial charge in [0.25, 0.3) is 5.91 Å². The third kappa shape index (κ3) is 5.47. The van der Waals surface area contributed by atoms with Gasteiger partial charge in [0, 0.05) is 36.6 Å². The average Bonchev–Trinajstić information content (AvgIpc) is 3.07. The third-order valence-electron chi connectivity index (χ3n) is 7.88. The number of hydrogen-bond acceptors (Lipinski definition) is 5. The number of carbonyl (C=O) groups excluding carboxylic acids is 2. The van der Waals surface area contributed by atoms with Crippen molar-refractivity contribution >= 4 is 23.5 Å². The second kappa shape index (κ2) is 11.1. The van der Waals surface area contributed by atoms with Crippen LogP contribution in [0.3, 0.4) is 0 Å². The Bertz CT molecular complexity index is 910. The van der Waals surface area contributed by atoms with Gasteiger partial charge in [-0.3, -0.25) is 9.69 Å². The van der Waals surface area contributed by atoms with Gasteiger partial charge in [-0.2, -0.15) is 0 Å². The molecule has 1 atom stereocenters. The first-order valence-electron chi connectivity index (χ1n) is 13.4. The second-order valence-electron chi connectivity index (χ2n) is 10.5. The molecule has 1 aromatic carbocycles. The number of aliphatic hydroxyl groups excluding tert-OH is 1. The largest absolute Gasteiger partial charge is 0.487 e. The number of imide groups is 1. The van der Waals surface area contributed by atoms with Crippen LogP contribution in [0.2, 0.25) is 5.02 Å². The number of piperidine rings is 1. The van der Waals surface area contributed by atoms with Crippen molar-refractivity contribution in [3.63, 3.8) is 0 Å². The van der Waals surface area contributed by atoms with Crippen LogP contribution in [0.15, 0.2) is 18.2 Å². The van der Waals surface area contributed by atoms with Gasteiger partial charge >= 0.3 is 6.03 Å². The van der Waals surface area contributed by atoms with Crippen molar-refractivity contribution in [2.45, 2.75) is 95.3 Å². The fourth-order valence-corrected chi connectivity index (χ4v) is 6.07. The van der Waals surface area contributed by atoms with Gasteiger partial charge in [0.15, 0.2) is 5.54 Å². The zero-order chi connectivity index (χ0) is 25.1. The fraction of sp³-hybridized carbons (Fsp3) is 0.704. The van der Waals surface area contributed by atoms with E-state index in [9.17, 15) is 14.7 Å². The Hall–Kier alpha value is -1.83. The number of likely N-dealkylation sites (tertiary alicyclic amines) is 1. The summed E-state index contributed by atoms with van der Waals surface area (Å²) in [6.45, 7) is 7.20. The van der Waals surface area contributed by atoms with Gasteiger partial charge in [-0.1, -0.05) is 38.3 Å². The Morgan fingerprint density at radius 1 is 1.09 bits per heavy atom. The molecule has 3 aliphatic heterocycles. The highest BCUT2D eigenvalue weighted by atomic mass is 35.5. The van der Waals surface area contributed by atoms with Crippen LogP contribution in [-0.2, 0) is 10.3 Å². The molecule has 1 aromatic rings. The van der Waals surface area contributed by atoms with Crippen molar-refractivity contribution in [1.82, 2.24) is 15.1 Å². The second-order valence-corrected chi connectivity index (χ2v) is 11.0. The molecule has 0 aromatic heterocycles. The Labute approximate surface area is 214 Å². The van der Waals surface area contributed by atoms with Crippen molar-refractivity contribution < 1.29 is 19.4 Å². The minimum absolute atomic E-state index is 0.194. The molecule has 7 nitrogen and oxygen atoms in total. The highest BCUT2D eigenvalue weighted by Gasteiger charge is 2.60. The molecule has 0 radical (unpaired) electrons. The maximum Gasteiger partial charge on any atom is 0.325 e. The lowest BCUT2D eigenvalue weighted by Crippen LogP contribution is -2.56. The lowest BCUT2D eigenvalue weighted by molar-refractivity contribution is -0.136. The molecule has 35 heavy (non-hydrogen) atoms. The third-order valence-corrected chi connectivity index (χ3v) is 8.11. The summed E-state index contributed by atoms with van der Waals surface area (Å²) in [4.78, 5) is 30.9. The first-order chi connectivity index (χ1) is 16.8. The zero-order valence-corrected chi connectivity index (χ0v) is 21.9. The van der Waals surface area contributed by atoms with Crippen LogP contribution in [0.5, 0.6) is 5.75 Å². The zero-order valence-electron chi connectivity index (χ0n) is 21.2. The standard InChI is InChI=1S/C27H40ClN3O4/c1-3-5-12-26(13-6-4-2)19-27(22-18-20(28)8-9-23(22)35-26)24(33)31(25(34)29-27)15-7-14-30-16-10-21(32)11-17-30/h8-9,18,21,32H,3-7,10-17,19H2,1-2H3,(H,29,34). The Morgan fingerprint density at radius 3 is 2.43 bits per heavy atom. The lowest BCUT2D eigenvalue weighted by Gasteiger charge is -2.46. The Kier molecular flexibility index (Phi) is 8.29. The molecule has 1 spiro atoms. The van der Waals surface area contributed by atoms with Gasteiger partial charge < -0.3 is 20.1 Å². The van der Waals surface area contributed by atoms with E-state index in [1.807, 2.05) is 6.07 Å². The first-order valence-corrected chi connectivity index (χ1v) is 13.7. The van der Waals surface area contributed by atoms with Crippen molar-refractivity contribution in [3.05, 3.63) is 28.8 Å². The summed E-state index contributed by atoms with van der Waals surface area (Å²) in [5, 5.41) is 13.4. The van der Waals surface area contributed by atoms with E-state index in [0.29, 0.717) is 35.7 Å². The molecule has 2 N–H and O–H groups in total. The molecule has 4 rings (SSSR count). The number of hydrogen-bond donors (Lipinski definition) is 2. The average molecular weight is 506 g/mol. The number of amides is 3. The molecule has 1 unspecified atom stereocenters. The molecule has 0 saturated carbocycles. The summed E-state index contributed by atoms with van der Waals surface area (Å²) in [6.07, 6.45) is 8.25. The van der Waals surface area contributed by atoms with Crippen LogP contribution in [0, 0.1) is 0 Å². The number of unbranched alkanes of at least 4 members (excludes halogenated alkanes) is 2. The molecular weight excluding hydrogens is 466 g/mol. The number of rotatable bonds is 10. The van der Waals surface area contributed by atoms with Crippen molar-refractivity contribution in [2.75, 3.05) is 26.2 Å². The Balaban J connectivity index is 1.57. The van der Waals surface area contributed by atoms with E-state index in [4.69, 9.17) is 16.3 Å². The smallest absolute Gasteiger partial charge is 0.325 e. The quantitative estimate of drug-likeness (QED) is 0.445. The van der Waals surface area contributed by atoms with Gasteiger partial charge in [-0.05, 0) is 69.7 Å². The van der Waals surface area contributed by atoms with Crippen LogP contribution in [-0.4, -0.2) is 64.7 Å². The molecule has 2 fully saturated rings. The van der Waals surface area contributed by atoms with Gasteiger partial charge in [-0.15, -0.1) is 0 Å². The van der Waals surface area contributed by atoms with Gasteiger partial charge in [0.2, 0.25) is 0 Å². The monoisotopic (exact) mass is 505 g/mol. The van der Waals surface area contributed by atoms with Gasteiger partial charge in [0.05, 0.1) is 6.10 Å². The fourth-order valence-electron chi connectivity index (χ4n) is 5.90. The number of benzene rings is 1. The molecule has 194 valence electrons. The number of urea groups is 1. The number of halogens is 1. The SMILES string of the molecule is CCCCC1(CCCC)CC2(NC(=O)N(CCCN3CCC(O)CC3)C2=O)c2cc(Cl)ccc2O1. The predicted molar refractivity (Wildman–Crippen MR) is 137 cm³/mol. The number of ether oxygens (including phenoxy) is 1. The minimum atomic E-state index is -1.15. The molecule has 0 aliphatic carbocycles. The van der Waals surface area contributed by atoms with E-state index >= 15 is 0 Å². The van der Waals surface area contributed by atoms with Crippen LogP contribution in [0.1, 0.15) is 83.6 Å². The highest BCUT2D eigenvalue weighted by Crippen LogP contribution is 2.50. The van der Waals surface area contributed by atoms with E-state index in [1.54, 1.807) is 12.1 Å². The number of carbonyl (C=O) groups is 2. The van der Waals surface area contributed by atoms with Crippen LogP contribution in [0.4, 0.5) is 4.79 Å². The van der Waals surface area contributed by atoms with Crippen molar-refractivity contribution in [2.24, 2.45) is 0 Å². The summed E-state index contributed by atoms with van der Waals surface area (Å²) in [7, 11) is 0. The van der Waals surface area contributed by atoms with Gasteiger partial charge in [0.1, 0.15) is 11.4 Å². The van der Waals surface area contributed by atoms with Gasteiger partial charge in [-0.25, -0.2) is 4.79 Å². The topological polar surface area (TPSA) is 82.1 Å². The summed E-state index contributed by atoms with van der Waals surface area (Å²) in [5.74, 6) is 0.455. The van der Waals surface area contributed by atoms with E-state index in [1.165, 1.54) is 4.90 Å². The van der Waals surface area contributed by atoms with Crippen LogP contribution < -0.4 is 10.1 Å². The molecular formula is C27H40ClN3O4. The normalized spacial score (nSPS) is 24.5. The summed E-state index contributed by atoms with van der Waals surface area (Å²) < 4.78 is 6.65. The number of fused-ring (bicyclic) bond motifs is 2. The first kappa shape index (κ1) is 26.2. The molecule has 3 heterocycles.